The minimum absolute atomic E-state index is 0.0851. The van der Waals surface area contributed by atoms with Crippen LogP contribution in [0.15, 0.2) is 0 Å². The number of fused-ring (bicyclic) bond motifs is 1. The third-order valence-corrected chi connectivity index (χ3v) is 4.37. The lowest BCUT2D eigenvalue weighted by molar-refractivity contribution is -0.142. The summed E-state index contributed by atoms with van der Waals surface area (Å²) in [5.41, 5.74) is -0.528. The number of carboxylic acids is 1. The monoisotopic (exact) mass is 298 g/mol. The van der Waals surface area contributed by atoms with Crippen molar-refractivity contribution in [2.75, 3.05) is 13.2 Å². The highest BCUT2D eigenvalue weighted by Gasteiger charge is 2.39. The number of ether oxygens (including phenoxy) is 1. The number of carbonyl (C=O) groups is 2. The molecule has 2 fully saturated rings. The molecule has 0 aromatic heterocycles. The molecule has 1 aliphatic heterocycles. The highest BCUT2D eigenvalue weighted by atomic mass is 16.5. The van der Waals surface area contributed by atoms with Gasteiger partial charge in [0.15, 0.2) is 0 Å². The van der Waals surface area contributed by atoms with Gasteiger partial charge in [0.2, 0.25) is 0 Å². The van der Waals surface area contributed by atoms with E-state index in [1.807, 2.05) is 20.8 Å². The molecule has 6 heteroatoms. The Kier molecular flexibility index (Phi) is 4.76. The Labute approximate surface area is 125 Å². The standard InChI is InChI=1S/C15H26N2O4/c1-15(2,3)12(13(18)19)16-14(20)17-8-9-21-11-7-5-4-6-10(11)17/h10-12H,4-9H2,1-3H3,(H,16,20)(H,18,19)/t10?,11?,12-/m0/s1. The van der Waals surface area contributed by atoms with Crippen LogP contribution < -0.4 is 5.32 Å². The van der Waals surface area contributed by atoms with E-state index in [9.17, 15) is 14.7 Å². The third kappa shape index (κ3) is 3.67. The van der Waals surface area contributed by atoms with Crippen molar-refractivity contribution in [2.45, 2.75) is 64.6 Å². The van der Waals surface area contributed by atoms with Crippen molar-refractivity contribution in [1.82, 2.24) is 10.2 Å². The zero-order chi connectivity index (χ0) is 15.6. The van der Waals surface area contributed by atoms with E-state index in [4.69, 9.17) is 4.74 Å². The zero-order valence-electron chi connectivity index (χ0n) is 13.1. The van der Waals surface area contributed by atoms with E-state index in [0.29, 0.717) is 13.2 Å². The lowest BCUT2D eigenvalue weighted by Gasteiger charge is -2.44. The first-order valence-corrected chi connectivity index (χ1v) is 7.72. The highest BCUT2D eigenvalue weighted by molar-refractivity contribution is 5.83. The molecule has 2 aliphatic rings. The number of hydrogen-bond acceptors (Lipinski definition) is 3. The van der Waals surface area contributed by atoms with Crippen LogP contribution in [0.1, 0.15) is 46.5 Å². The van der Waals surface area contributed by atoms with Crippen molar-refractivity contribution in [3.63, 3.8) is 0 Å². The third-order valence-electron chi connectivity index (χ3n) is 4.37. The van der Waals surface area contributed by atoms with Crippen LogP contribution in [0.3, 0.4) is 0 Å². The lowest BCUT2D eigenvalue weighted by Crippen LogP contribution is -2.60. The van der Waals surface area contributed by atoms with Gasteiger partial charge in [0, 0.05) is 6.54 Å². The van der Waals surface area contributed by atoms with E-state index in [0.717, 1.165) is 25.7 Å². The van der Waals surface area contributed by atoms with Crippen molar-refractivity contribution in [2.24, 2.45) is 5.41 Å². The first-order valence-electron chi connectivity index (χ1n) is 7.72. The van der Waals surface area contributed by atoms with E-state index in [1.54, 1.807) is 4.90 Å². The molecule has 2 N–H and O–H groups in total. The molecule has 120 valence electrons. The number of rotatable bonds is 2. The van der Waals surface area contributed by atoms with Gasteiger partial charge in [-0.3, -0.25) is 0 Å². The summed E-state index contributed by atoms with van der Waals surface area (Å²) in [5, 5.41) is 12.0. The number of nitrogens with one attached hydrogen (secondary N) is 1. The van der Waals surface area contributed by atoms with Crippen LogP contribution in [0.25, 0.3) is 0 Å². The first-order chi connectivity index (χ1) is 9.80. The quantitative estimate of drug-likeness (QED) is 0.815. The SMILES string of the molecule is CC(C)(C)[C@@H](NC(=O)N1CCOC2CCCCC21)C(=O)O. The van der Waals surface area contributed by atoms with Crippen molar-refractivity contribution in [3.05, 3.63) is 0 Å². The summed E-state index contributed by atoms with van der Waals surface area (Å²) in [4.78, 5) is 25.7. The summed E-state index contributed by atoms with van der Waals surface area (Å²) in [5.74, 6) is -0.996. The van der Waals surface area contributed by atoms with Crippen molar-refractivity contribution < 1.29 is 19.4 Å². The Bertz CT molecular complexity index is 403. The fourth-order valence-electron chi connectivity index (χ4n) is 3.20. The Morgan fingerprint density at radius 3 is 2.57 bits per heavy atom. The largest absolute Gasteiger partial charge is 0.480 e. The molecule has 0 spiro atoms. The molecule has 1 heterocycles. The Morgan fingerprint density at radius 1 is 1.29 bits per heavy atom. The van der Waals surface area contributed by atoms with Crippen LogP contribution in [-0.2, 0) is 9.53 Å². The number of carbonyl (C=O) groups excluding carboxylic acids is 1. The maximum Gasteiger partial charge on any atom is 0.326 e. The molecule has 1 saturated carbocycles. The fraction of sp³-hybridized carbons (Fsp3) is 0.867. The molecule has 6 nitrogen and oxygen atoms in total. The molecule has 3 atom stereocenters. The molecule has 21 heavy (non-hydrogen) atoms. The average Bonchev–Trinajstić information content (AvgIpc) is 2.42. The molecule has 2 unspecified atom stereocenters. The molecular weight excluding hydrogens is 272 g/mol. The predicted molar refractivity (Wildman–Crippen MR) is 78.1 cm³/mol. The van der Waals surface area contributed by atoms with Gasteiger partial charge in [0.25, 0.3) is 0 Å². The predicted octanol–water partition coefficient (Wildman–Crippen LogP) is 1.84. The second-order valence-corrected chi connectivity index (χ2v) is 7.04. The lowest BCUT2D eigenvalue weighted by atomic mass is 9.86. The number of urea groups is 1. The second-order valence-electron chi connectivity index (χ2n) is 7.04. The Balaban J connectivity index is 2.06. The van der Waals surface area contributed by atoms with E-state index in [-0.39, 0.29) is 18.2 Å². The smallest absolute Gasteiger partial charge is 0.326 e. The first kappa shape index (κ1) is 16.1. The molecule has 0 radical (unpaired) electrons. The summed E-state index contributed by atoms with van der Waals surface area (Å²) in [6.07, 6.45) is 4.25. The summed E-state index contributed by atoms with van der Waals surface area (Å²) in [6.45, 7) is 6.50. The maximum atomic E-state index is 12.5. The van der Waals surface area contributed by atoms with Gasteiger partial charge < -0.3 is 20.1 Å². The van der Waals surface area contributed by atoms with Crippen LogP contribution in [-0.4, -0.2) is 53.3 Å². The van der Waals surface area contributed by atoms with E-state index in [2.05, 4.69) is 5.32 Å². The molecule has 1 saturated heterocycles. The van der Waals surface area contributed by atoms with Gasteiger partial charge in [-0.25, -0.2) is 9.59 Å². The summed E-state index contributed by atoms with van der Waals surface area (Å²) >= 11 is 0. The number of morpholine rings is 1. The minimum atomic E-state index is -0.996. The van der Waals surface area contributed by atoms with Gasteiger partial charge in [-0.05, 0) is 18.3 Å². The summed E-state index contributed by atoms with van der Waals surface area (Å²) in [6, 6.07) is -1.09. The Hall–Kier alpha value is -1.30. The summed E-state index contributed by atoms with van der Waals surface area (Å²) < 4.78 is 5.74. The molecule has 0 aromatic rings. The van der Waals surface area contributed by atoms with Crippen molar-refractivity contribution >= 4 is 12.0 Å². The topological polar surface area (TPSA) is 78.9 Å². The highest BCUT2D eigenvalue weighted by Crippen LogP contribution is 2.29. The van der Waals surface area contributed by atoms with Gasteiger partial charge >= 0.3 is 12.0 Å². The maximum absolute atomic E-state index is 12.5. The fourth-order valence-corrected chi connectivity index (χ4v) is 3.20. The van der Waals surface area contributed by atoms with Crippen LogP contribution in [0.4, 0.5) is 4.79 Å². The molecule has 2 rings (SSSR count). The van der Waals surface area contributed by atoms with Crippen LogP contribution in [0.2, 0.25) is 0 Å². The number of amides is 2. The van der Waals surface area contributed by atoms with E-state index < -0.39 is 17.4 Å². The Morgan fingerprint density at radius 2 is 1.95 bits per heavy atom. The zero-order valence-corrected chi connectivity index (χ0v) is 13.1. The molecule has 1 aliphatic carbocycles. The molecule has 2 amide bonds. The van der Waals surface area contributed by atoms with Crippen LogP contribution in [0, 0.1) is 5.41 Å². The van der Waals surface area contributed by atoms with Gasteiger partial charge in [0.1, 0.15) is 6.04 Å². The molecule has 0 bridgehead atoms. The van der Waals surface area contributed by atoms with Crippen LogP contribution >= 0.6 is 0 Å². The van der Waals surface area contributed by atoms with Crippen molar-refractivity contribution in [1.29, 1.82) is 0 Å². The second kappa shape index (κ2) is 6.22. The van der Waals surface area contributed by atoms with E-state index >= 15 is 0 Å². The van der Waals surface area contributed by atoms with Gasteiger partial charge in [0.05, 0.1) is 18.8 Å². The van der Waals surface area contributed by atoms with Gasteiger partial charge in [-0.2, -0.15) is 0 Å². The minimum Gasteiger partial charge on any atom is -0.480 e. The van der Waals surface area contributed by atoms with Crippen molar-refractivity contribution in [3.8, 4) is 0 Å². The number of aliphatic carboxylic acids is 1. The van der Waals surface area contributed by atoms with E-state index in [1.165, 1.54) is 0 Å². The summed E-state index contributed by atoms with van der Waals surface area (Å²) in [7, 11) is 0. The molecule has 0 aromatic carbocycles. The number of carboxylic acid groups (broad SMARTS) is 1. The molecular formula is C15H26N2O4. The number of hydrogen-bond donors (Lipinski definition) is 2. The average molecular weight is 298 g/mol. The van der Waals surface area contributed by atoms with Crippen LogP contribution in [0.5, 0.6) is 0 Å². The normalized spacial score (nSPS) is 27.7. The number of nitrogens with zero attached hydrogens (tertiary/aromatic N) is 1. The van der Waals surface area contributed by atoms with Gasteiger partial charge in [-0.15, -0.1) is 0 Å². The van der Waals surface area contributed by atoms with Gasteiger partial charge in [-0.1, -0.05) is 33.6 Å².